The van der Waals surface area contributed by atoms with Crippen molar-refractivity contribution in [3.8, 4) is 18.1 Å². The number of nitrogens with one attached hydrogen (secondary N) is 1. The van der Waals surface area contributed by atoms with Gasteiger partial charge >= 0.3 is 0 Å². The molecule has 0 aliphatic heterocycles. The number of terminal acetylenes is 1. The van der Waals surface area contributed by atoms with Crippen LogP contribution in [0.1, 0.15) is 5.56 Å². The molecule has 0 saturated heterocycles. The molecule has 2 nitrogen and oxygen atoms in total. The average molecular weight is 254 g/mol. The van der Waals surface area contributed by atoms with Crippen LogP contribution in [0.3, 0.4) is 0 Å². The molecule has 1 aromatic rings. The minimum atomic E-state index is 0.296. The molecule has 0 aliphatic carbocycles. The Morgan fingerprint density at radius 2 is 2.36 bits per heavy atom. The van der Waals surface area contributed by atoms with E-state index >= 15 is 0 Å². The van der Waals surface area contributed by atoms with E-state index in [0.29, 0.717) is 6.61 Å². The zero-order chi connectivity index (χ0) is 10.4. The molecule has 0 radical (unpaired) electrons. The van der Waals surface area contributed by atoms with Crippen LogP contribution in [0.4, 0.5) is 0 Å². The van der Waals surface area contributed by atoms with Crippen LogP contribution in [0.2, 0.25) is 0 Å². The van der Waals surface area contributed by atoms with Crippen LogP contribution in [-0.2, 0) is 6.54 Å². The second kappa shape index (κ2) is 5.69. The molecule has 1 rings (SSSR count). The number of hydrogen-bond acceptors (Lipinski definition) is 2. The number of halogens is 1. The SMILES string of the molecule is C#CCOc1ccc(CNC)cc1Br. The minimum Gasteiger partial charge on any atom is -0.480 e. The van der Waals surface area contributed by atoms with Crippen molar-refractivity contribution < 1.29 is 4.74 Å². The van der Waals surface area contributed by atoms with Gasteiger partial charge in [-0.25, -0.2) is 0 Å². The Bertz CT molecular complexity index is 344. The van der Waals surface area contributed by atoms with Crippen LogP contribution in [0.5, 0.6) is 5.75 Å². The molecule has 0 aromatic heterocycles. The van der Waals surface area contributed by atoms with E-state index in [9.17, 15) is 0 Å². The molecule has 0 atom stereocenters. The van der Waals surface area contributed by atoms with Gasteiger partial charge in [-0.3, -0.25) is 0 Å². The van der Waals surface area contributed by atoms with Crippen LogP contribution in [0.15, 0.2) is 22.7 Å². The van der Waals surface area contributed by atoms with Gasteiger partial charge in [0.1, 0.15) is 12.4 Å². The molecule has 14 heavy (non-hydrogen) atoms. The van der Waals surface area contributed by atoms with E-state index in [1.54, 1.807) is 0 Å². The molecule has 0 spiro atoms. The number of hydrogen-bond donors (Lipinski definition) is 1. The zero-order valence-electron chi connectivity index (χ0n) is 8.01. The van der Waals surface area contributed by atoms with Gasteiger partial charge in [-0.05, 0) is 40.7 Å². The molecule has 0 amide bonds. The van der Waals surface area contributed by atoms with Crippen molar-refractivity contribution in [1.82, 2.24) is 5.32 Å². The maximum atomic E-state index is 5.32. The molecule has 74 valence electrons. The molecule has 3 heteroatoms. The number of ether oxygens (including phenoxy) is 1. The summed E-state index contributed by atoms with van der Waals surface area (Å²) in [7, 11) is 1.91. The Morgan fingerprint density at radius 3 is 2.93 bits per heavy atom. The largest absolute Gasteiger partial charge is 0.480 e. The number of benzene rings is 1. The van der Waals surface area contributed by atoms with Gasteiger partial charge in [0.25, 0.3) is 0 Å². The fourth-order valence-electron chi connectivity index (χ4n) is 1.09. The lowest BCUT2D eigenvalue weighted by Crippen LogP contribution is -2.05. The summed E-state index contributed by atoms with van der Waals surface area (Å²) in [5, 5.41) is 3.08. The summed E-state index contributed by atoms with van der Waals surface area (Å²) in [6.07, 6.45) is 5.10. The fourth-order valence-corrected chi connectivity index (χ4v) is 1.64. The van der Waals surface area contributed by atoms with Crippen LogP contribution < -0.4 is 10.1 Å². The fraction of sp³-hybridized carbons (Fsp3) is 0.273. The third-order valence-corrected chi connectivity index (χ3v) is 2.31. The topological polar surface area (TPSA) is 21.3 Å². The van der Waals surface area contributed by atoms with Crippen LogP contribution >= 0.6 is 15.9 Å². The van der Waals surface area contributed by atoms with Gasteiger partial charge in [-0.15, -0.1) is 6.42 Å². The van der Waals surface area contributed by atoms with E-state index in [2.05, 4.69) is 27.2 Å². The van der Waals surface area contributed by atoms with Crippen molar-refractivity contribution in [1.29, 1.82) is 0 Å². The molecule has 1 aromatic carbocycles. The summed E-state index contributed by atoms with van der Waals surface area (Å²) < 4.78 is 6.25. The first kappa shape index (κ1) is 11.1. The first-order chi connectivity index (χ1) is 6.77. The van der Waals surface area contributed by atoms with Gasteiger partial charge in [0.05, 0.1) is 4.47 Å². The third kappa shape index (κ3) is 3.06. The molecular formula is C11H12BrNO. The van der Waals surface area contributed by atoms with Crippen LogP contribution in [0, 0.1) is 12.3 Å². The first-order valence-corrected chi connectivity index (χ1v) is 5.06. The Balaban J connectivity index is 2.75. The lowest BCUT2D eigenvalue weighted by Gasteiger charge is -2.07. The summed E-state index contributed by atoms with van der Waals surface area (Å²) in [5.41, 5.74) is 1.20. The molecule has 0 heterocycles. The molecule has 0 aliphatic rings. The first-order valence-electron chi connectivity index (χ1n) is 4.27. The Kier molecular flexibility index (Phi) is 4.51. The second-order valence-corrected chi connectivity index (χ2v) is 3.64. The van der Waals surface area contributed by atoms with Gasteiger partial charge in [-0.2, -0.15) is 0 Å². The zero-order valence-corrected chi connectivity index (χ0v) is 9.60. The van der Waals surface area contributed by atoms with Gasteiger partial charge in [-0.1, -0.05) is 12.0 Å². The van der Waals surface area contributed by atoms with E-state index in [-0.39, 0.29) is 0 Å². The lowest BCUT2D eigenvalue weighted by molar-refractivity contribution is 0.368. The van der Waals surface area contributed by atoms with Crippen molar-refractivity contribution in [2.45, 2.75) is 6.54 Å². The normalized spacial score (nSPS) is 9.50. The van der Waals surface area contributed by atoms with Crippen molar-refractivity contribution in [2.75, 3.05) is 13.7 Å². The standard InChI is InChI=1S/C11H12BrNO/c1-3-6-14-11-5-4-9(8-13-2)7-10(11)12/h1,4-5,7,13H,6,8H2,2H3. The van der Waals surface area contributed by atoms with Crippen molar-refractivity contribution >= 4 is 15.9 Å². The van der Waals surface area contributed by atoms with Crippen LogP contribution in [0.25, 0.3) is 0 Å². The summed E-state index contributed by atoms with van der Waals surface area (Å²) in [6, 6.07) is 5.93. The van der Waals surface area contributed by atoms with E-state index in [0.717, 1.165) is 16.8 Å². The van der Waals surface area contributed by atoms with E-state index < -0.39 is 0 Å². The highest BCUT2D eigenvalue weighted by Crippen LogP contribution is 2.25. The molecular weight excluding hydrogens is 242 g/mol. The van der Waals surface area contributed by atoms with E-state index in [4.69, 9.17) is 11.2 Å². The monoisotopic (exact) mass is 253 g/mol. The molecule has 0 saturated carbocycles. The summed E-state index contributed by atoms with van der Waals surface area (Å²) >= 11 is 3.43. The predicted octanol–water partition coefficient (Wildman–Crippen LogP) is 2.18. The molecule has 0 unspecified atom stereocenters. The highest BCUT2D eigenvalue weighted by Gasteiger charge is 2.01. The van der Waals surface area contributed by atoms with Crippen molar-refractivity contribution in [2.24, 2.45) is 0 Å². The van der Waals surface area contributed by atoms with Crippen molar-refractivity contribution in [3.63, 3.8) is 0 Å². The van der Waals surface area contributed by atoms with Gasteiger partial charge in [0, 0.05) is 6.54 Å². The minimum absolute atomic E-state index is 0.296. The molecule has 1 N–H and O–H groups in total. The van der Waals surface area contributed by atoms with Gasteiger partial charge in [0.2, 0.25) is 0 Å². The highest BCUT2D eigenvalue weighted by molar-refractivity contribution is 9.10. The third-order valence-electron chi connectivity index (χ3n) is 1.69. The lowest BCUT2D eigenvalue weighted by atomic mass is 10.2. The quantitative estimate of drug-likeness (QED) is 0.831. The summed E-state index contributed by atoms with van der Waals surface area (Å²) in [4.78, 5) is 0. The second-order valence-electron chi connectivity index (χ2n) is 2.79. The Labute approximate surface area is 92.8 Å². The number of rotatable bonds is 4. The van der Waals surface area contributed by atoms with E-state index in [1.165, 1.54) is 5.56 Å². The maximum absolute atomic E-state index is 5.32. The summed E-state index contributed by atoms with van der Waals surface area (Å²) in [6.45, 7) is 1.14. The van der Waals surface area contributed by atoms with Crippen LogP contribution in [-0.4, -0.2) is 13.7 Å². The van der Waals surface area contributed by atoms with Gasteiger partial charge in [0.15, 0.2) is 0 Å². The van der Waals surface area contributed by atoms with Gasteiger partial charge < -0.3 is 10.1 Å². The maximum Gasteiger partial charge on any atom is 0.148 e. The smallest absolute Gasteiger partial charge is 0.148 e. The molecule has 0 fully saturated rings. The van der Waals surface area contributed by atoms with Crippen molar-refractivity contribution in [3.05, 3.63) is 28.2 Å². The predicted molar refractivity (Wildman–Crippen MR) is 61.2 cm³/mol. The summed E-state index contributed by atoms with van der Waals surface area (Å²) in [5.74, 6) is 3.21. The average Bonchev–Trinajstić information content (AvgIpc) is 2.17. The Hall–Kier alpha value is -0.980. The highest BCUT2D eigenvalue weighted by atomic mass is 79.9. The Morgan fingerprint density at radius 1 is 1.57 bits per heavy atom. The van der Waals surface area contributed by atoms with E-state index in [1.807, 2.05) is 25.2 Å². The molecule has 0 bridgehead atoms.